The van der Waals surface area contributed by atoms with Gasteiger partial charge in [-0.3, -0.25) is 0 Å². The predicted octanol–water partition coefficient (Wildman–Crippen LogP) is 2.37. The van der Waals surface area contributed by atoms with Gasteiger partial charge in [-0.1, -0.05) is 30.7 Å². The number of hydrogen-bond acceptors (Lipinski definition) is 3. The zero-order chi connectivity index (χ0) is 15.4. The van der Waals surface area contributed by atoms with Crippen LogP contribution in [0.3, 0.4) is 0 Å². The molecule has 1 saturated heterocycles. The molecule has 1 unspecified atom stereocenters. The summed E-state index contributed by atoms with van der Waals surface area (Å²) in [6, 6.07) is 9.37. The number of benzene rings is 1. The van der Waals surface area contributed by atoms with E-state index in [-0.39, 0.29) is 0 Å². The SMILES string of the molecule is CN1CCC(O)(CNC2CCCCc3ccccc3C2)CC1. The number of likely N-dealkylation sites (tertiary alicyclic amines) is 1. The van der Waals surface area contributed by atoms with Gasteiger partial charge >= 0.3 is 0 Å². The van der Waals surface area contributed by atoms with E-state index < -0.39 is 5.60 Å². The second kappa shape index (κ2) is 7.12. The van der Waals surface area contributed by atoms with Crippen molar-refractivity contribution >= 4 is 0 Å². The van der Waals surface area contributed by atoms with Gasteiger partial charge in [-0.15, -0.1) is 0 Å². The minimum absolute atomic E-state index is 0.505. The highest BCUT2D eigenvalue weighted by Crippen LogP contribution is 2.23. The van der Waals surface area contributed by atoms with Crippen molar-refractivity contribution in [2.45, 2.75) is 56.6 Å². The Morgan fingerprint density at radius 3 is 2.68 bits per heavy atom. The summed E-state index contributed by atoms with van der Waals surface area (Å²) in [4.78, 5) is 2.31. The maximum absolute atomic E-state index is 10.8. The Hall–Kier alpha value is -0.900. The summed E-state index contributed by atoms with van der Waals surface area (Å²) >= 11 is 0. The molecule has 1 aromatic rings. The van der Waals surface area contributed by atoms with Crippen LogP contribution >= 0.6 is 0 Å². The molecular weight excluding hydrogens is 272 g/mol. The van der Waals surface area contributed by atoms with Crippen LogP contribution in [0.1, 0.15) is 43.2 Å². The van der Waals surface area contributed by atoms with Crippen LogP contribution in [-0.2, 0) is 12.8 Å². The normalized spacial score (nSPS) is 26.0. The van der Waals surface area contributed by atoms with E-state index >= 15 is 0 Å². The Balaban J connectivity index is 1.58. The fraction of sp³-hybridized carbons (Fsp3) is 0.684. The fourth-order valence-electron chi connectivity index (χ4n) is 3.79. The van der Waals surface area contributed by atoms with Crippen molar-refractivity contribution in [3.05, 3.63) is 35.4 Å². The number of piperidine rings is 1. The molecular formula is C19H30N2O. The van der Waals surface area contributed by atoms with Gasteiger partial charge in [-0.05, 0) is 56.7 Å². The zero-order valence-electron chi connectivity index (χ0n) is 13.9. The number of aryl methyl sites for hydroxylation is 1. The molecule has 1 aromatic carbocycles. The summed E-state index contributed by atoms with van der Waals surface area (Å²) in [5, 5.41) is 14.4. The quantitative estimate of drug-likeness (QED) is 0.900. The molecule has 0 radical (unpaired) electrons. The molecule has 0 bridgehead atoms. The van der Waals surface area contributed by atoms with E-state index in [1.54, 1.807) is 0 Å². The molecule has 0 aromatic heterocycles. The number of hydrogen-bond donors (Lipinski definition) is 2. The van der Waals surface area contributed by atoms with E-state index in [0.717, 1.165) is 38.9 Å². The minimum Gasteiger partial charge on any atom is -0.388 e. The van der Waals surface area contributed by atoms with Crippen molar-refractivity contribution < 1.29 is 5.11 Å². The van der Waals surface area contributed by atoms with Gasteiger partial charge in [0.25, 0.3) is 0 Å². The summed E-state index contributed by atoms with van der Waals surface area (Å²) in [6.45, 7) is 2.75. The molecule has 0 saturated carbocycles. The second-order valence-electron chi connectivity index (χ2n) is 7.32. The topological polar surface area (TPSA) is 35.5 Å². The van der Waals surface area contributed by atoms with E-state index in [0.29, 0.717) is 6.04 Å². The predicted molar refractivity (Wildman–Crippen MR) is 91.2 cm³/mol. The molecule has 1 fully saturated rings. The number of aliphatic hydroxyl groups is 1. The molecule has 122 valence electrons. The van der Waals surface area contributed by atoms with Crippen LogP contribution in [0.5, 0.6) is 0 Å². The maximum atomic E-state index is 10.8. The third-order valence-corrected chi connectivity index (χ3v) is 5.47. The second-order valence-corrected chi connectivity index (χ2v) is 7.32. The van der Waals surface area contributed by atoms with Crippen molar-refractivity contribution in [3.8, 4) is 0 Å². The van der Waals surface area contributed by atoms with Crippen molar-refractivity contribution in [3.63, 3.8) is 0 Å². The molecule has 1 heterocycles. The highest BCUT2D eigenvalue weighted by Gasteiger charge is 2.31. The van der Waals surface area contributed by atoms with E-state index in [4.69, 9.17) is 0 Å². The van der Waals surface area contributed by atoms with Crippen molar-refractivity contribution in [2.75, 3.05) is 26.7 Å². The Bertz CT molecular complexity index is 480. The number of nitrogens with zero attached hydrogens (tertiary/aromatic N) is 1. The molecule has 0 spiro atoms. The third-order valence-electron chi connectivity index (χ3n) is 5.47. The van der Waals surface area contributed by atoms with Gasteiger partial charge in [0.15, 0.2) is 0 Å². The van der Waals surface area contributed by atoms with Gasteiger partial charge in [-0.2, -0.15) is 0 Å². The van der Waals surface area contributed by atoms with E-state index in [9.17, 15) is 5.11 Å². The lowest BCUT2D eigenvalue weighted by molar-refractivity contribution is -0.0164. The van der Waals surface area contributed by atoms with Gasteiger partial charge in [0.2, 0.25) is 0 Å². The molecule has 3 nitrogen and oxygen atoms in total. The van der Waals surface area contributed by atoms with Crippen LogP contribution in [0, 0.1) is 0 Å². The zero-order valence-corrected chi connectivity index (χ0v) is 13.9. The van der Waals surface area contributed by atoms with Crippen LogP contribution in [0.2, 0.25) is 0 Å². The first-order chi connectivity index (χ1) is 10.6. The monoisotopic (exact) mass is 302 g/mol. The summed E-state index contributed by atoms with van der Waals surface area (Å²) in [5.74, 6) is 0. The number of fused-ring (bicyclic) bond motifs is 1. The first-order valence-electron chi connectivity index (χ1n) is 8.86. The summed E-state index contributed by atoms with van der Waals surface area (Å²) in [5.41, 5.74) is 2.51. The van der Waals surface area contributed by atoms with Crippen molar-refractivity contribution in [2.24, 2.45) is 0 Å². The van der Waals surface area contributed by atoms with Gasteiger partial charge in [0.1, 0.15) is 0 Å². The molecule has 3 rings (SSSR count). The van der Waals surface area contributed by atoms with E-state index in [1.807, 2.05) is 0 Å². The largest absolute Gasteiger partial charge is 0.388 e. The molecule has 0 amide bonds. The Morgan fingerprint density at radius 1 is 1.18 bits per heavy atom. The van der Waals surface area contributed by atoms with Crippen molar-refractivity contribution in [1.82, 2.24) is 10.2 Å². The Labute approximate surface area is 134 Å². The molecule has 1 aliphatic heterocycles. The first kappa shape index (κ1) is 16.0. The van der Waals surface area contributed by atoms with Crippen LogP contribution in [0.15, 0.2) is 24.3 Å². The maximum Gasteiger partial charge on any atom is 0.0796 e. The lowest BCUT2D eigenvalue weighted by Crippen LogP contribution is -2.51. The van der Waals surface area contributed by atoms with Gasteiger partial charge < -0.3 is 15.3 Å². The summed E-state index contributed by atoms with van der Waals surface area (Å²) in [7, 11) is 2.14. The minimum atomic E-state index is -0.506. The molecule has 2 N–H and O–H groups in total. The molecule has 2 aliphatic rings. The number of nitrogens with one attached hydrogen (secondary N) is 1. The molecule has 1 aliphatic carbocycles. The highest BCUT2D eigenvalue weighted by atomic mass is 16.3. The van der Waals surface area contributed by atoms with Crippen LogP contribution in [-0.4, -0.2) is 48.3 Å². The van der Waals surface area contributed by atoms with Crippen LogP contribution in [0.25, 0.3) is 0 Å². The molecule has 1 atom stereocenters. The molecule has 3 heteroatoms. The lowest BCUT2D eigenvalue weighted by atomic mass is 9.88. The average Bonchev–Trinajstić information content (AvgIpc) is 2.50. The smallest absolute Gasteiger partial charge is 0.0796 e. The van der Waals surface area contributed by atoms with Gasteiger partial charge in [0, 0.05) is 25.7 Å². The summed E-state index contributed by atoms with van der Waals surface area (Å²) < 4.78 is 0. The van der Waals surface area contributed by atoms with Gasteiger partial charge in [0.05, 0.1) is 5.60 Å². The summed E-state index contributed by atoms with van der Waals surface area (Å²) in [6.07, 6.45) is 7.90. The Morgan fingerprint density at radius 2 is 1.91 bits per heavy atom. The number of rotatable bonds is 3. The third kappa shape index (κ3) is 4.09. The standard InChI is InChI=1S/C19H30N2O/c1-21-12-10-19(22,11-13-21)15-20-18-9-5-4-7-16-6-2-3-8-17(16)14-18/h2-3,6,8,18,20,22H,4-5,7,9-15H2,1H3. The fourth-order valence-corrected chi connectivity index (χ4v) is 3.79. The van der Waals surface area contributed by atoms with Gasteiger partial charge in [-0.25, -0.2) is 0 Å². The lowest BCUT2D eigenvalue weighted by Gasteiger charge is -2.38. The van der Waals surface area contributed by atoms with E-state index in [1.165, 1.54) is 36.8 Å². The van der Waals surface area contributed by atoms with Crippen LogP contribution in [0.4, 0.5) is 0 Å². The van der Waals surface area contributed by atoms with Crippen LogP contribution < -0.4 is 5.32 Å². The first-order valence-corrected chi connectivity index (χ1v) is 8.86. The molecule has 22 heavy (non-hydrogen) atoms. The van der Waals surface area contributed by atoms with E-state index in [2.05, 4.69) is 41.5 Å². The van der Waals surface area contributed by atoms with Crippen molar-refractivity contribution in [1.29, 1.82) is 0 Å². The Kier molecular flexibility index (Phi) is 5.17. The highest BCUT2D eigenvalue weighted by molar-refractivity contribution is 5.28. The average molecular weight is 302 g/mol.